The summed E-state index contributed by atoms with van der Waals surface area (Å²) in [4.78, 5) is 13.4. The largest absolute Gasteiger partial charge is 0.272 e. The van der Waals surface area contributed by atoms with Crippen LogP contribution in [-0.4, -0.2) is 14.3 Å². The van der Waals surface area contributed by atoms with Gasteiger partial charge in [-0.15, -0.1) is 0 Å². The topological polar surface area (TPSA) is 54.5 Å². The van der Waals surface area contributed by atoms with E-state index in [9.17, 15) is 13.2 Å². The molecule has 3 aromatic rings. The van der Waals surface area contributed by atoms with Crippen LogP contribution in [0, 0.1) is 13.8 Å². The summed E-state index contributed by atoms with van der Waals surface area (Å²) in [5.74, 6) is -0.573. The summed E-state index contributed by atoms with van der Waals surface area (Å²) in [5, 5.41) is 0. The van der Waals surface area contributed by atoms with Crippen molar-refractivity contribution in [1.29, 1.82) is 0 Å². The standard InChI is InChI=1S/C23H23NO3S/c1-4-19-11-14-21(15-12-19)24(28(26,27)22-8-6-5-7-9-22)23(25)20-13-10-17(2)18(3)16-20/h5-16H,4H2,1-3H3. The molecule has 5 heteroatoms. The van der Waals surface area contributed by atoms with Gasteiger partial charge < -0.3 is 0 Å². The molecule has 0 aliphatic heterocycles. The van der Waals surface area contributed by atoms with Gasteiger partial charge in [-0.05, 0) is 73.4 Å². The maximum Gasteiger partial charge on any atom is 0.272 e. The Labute approximate surface area is 166 Å². The maximum absolute atomic E-state index is 13.4. The lowest BCUT2D eigenvalue weighted by Gasteiger charge is -2.23. The van der Waals surface area contributed by atoms with E-state index in [1.165, 1.54) is 12.1 Å². The molecule has 0 radical (unpaired) electrons. The highest BCUT2D eigenvalue weighted by atomic mass is 32.2. The van der Waals surface area contributed by atoms with Crippen LogP contribution in [0.3, 0.4) is 0 Å². The monoisotopic (exact) mass is 393 g/mol. The number of carbonyl (C=O) groups is 1. The van der Waals surface area contributed by atoms with Crippen LogP contribution < -0.4 is 4.31 Å². The van der Waals surface area contributed by atoms with Gasteiger partial charge in [0.2, 0.25) is 0 Å². The Balaban J connectivity index is 2.16. The molecule has 0 unspecified atom stereocenters. The SMILES string of the molecule is CCc1ccc(N(C(=O)c2ccc(C)c(C)c2)S(=O)(=O)c2ccccc2)cc1. The summed E-state index contributed by atoms with van der Waals surface area (Å²) in [6, 6.07) is 20.3. The zero-order valence-electron chi connectivity index (χ0n) is 16.2. The zero-order valence-corrected chi connectivity index (χ0v) is 17.0. The van der Waals surface area contributed by atoms with Gasteiger partial charge in [0.25, 0.3) is 15.9 Å². The first kappa shape index (κ1) is 19.8. The van der Waals surface area contributed by atoms with E-state index in [0.29, 0.717) is 11.3 Å². The van der Waals surface area contributed by atoms with Gasteiger partial charge in [0, 0.05) is 5.56 Å². The van der Waals surface area contributed by atoms with Gasteiger partial charge in [0.05, 0.1) is 10.6 Å². The number of carbonyl (C=O) groups excluding carboxylic acids is 1. The predicted octanol–water partition coefficient (Wildman–Crippen LogP) is 4.90. The number of sulfonamides is 1. The Morgan fingerprint density at radius 3 is 2.07 bits per heavy atom. The van der Waals surface area contributed by atoms with Gasteiger partial charge in [0.1, 0.15) is 0 Å². The molecule has 0 aliphatic carbocycles. The van der Waals surface area contributed by atoms with Crippen molar-refractivity contribution in [3.8, 4) is 0 Å². The average molecular weight is 394 g/mol. The van der Waals surface area contributed by atoms with E-state index < -0.39 is 15.9 Å². The lowest BCUT2D eigenvalue weighted by Crippen LogP contribution is -2.37. The normalized spacial score (nSPS) is 11.2. The number of hydrogen-bond acceptors (Lipinski definition) is 3. The Morgan fingerprint density at radius 2 is 1.50 bits per heavy atom. The predicted molar refractivity (Wildman–Crippen MR) is 112 cm³/mol. The third kappa shape index (κ3) is 3.85. The molecule has 0 atom stereocenters. The maximum atomic E-state index is 13.4. The number of amides is 1. The Kier molecular flexibility index (Phi) is 5.66. The van der Waals surface area contributed by atoms with E-state index in [1.54, 1.807) is 42.5 Å². The van der Waals surface area contributed by atoms with E-state index in [1.807, 2.05) is 39.0 Å². The second-order valence-electron chi connectivity index (χ2n) is 6.71. The molecule has 0 aromatic heterocycles. The molecule has 4 nitrogen and oxygen atoms in total. The molecule has 0 saturated carbocycles. The highest BCUT2D eigenvalue weighted by Gasteiger charge is 2.31. The van der Waals surface area contributed by atoms with Crippen molar-refractivity contribution in [3.63, 3.8) is 0 Å². The van der Waals surface area contributed by atoms with Crippen molar-refractivity contribution in [2.75, 3.05) is 4.31 Å². The molecular formula is C23H23NO3S. The molecule has 0 N–H and O–H groups in total. The molecule has 0 heterocycles. The Bertz CT molecular complexity index is 1090. The molecule has 1 amide bonds. The molecule has 0 aliphatic rings. The van der Waals surface area contributed by atoms with E-state index in [0.717, 1.165) is 27.4 Å². The van der Waals surface area contributed by atoms with E-state index in [4.69, 9.17) is 0 Å². The van der Waals surface area contributed by atoms with Crippen LogP contribution in [-0.2, 0) is 16.4 Å². The van der Waals surface area contributed by atoms with Gasteiger partial charge in [-0.25, -0.2) is 8.42 Å². The lowest BCUT2D eigenvalue weighted by molar-refractivity contribution is 0.101. The van der Waals surface area contributed by atoms with Gasteiger partial charge in [-0.1, -0.05) is 43.3 Å². The fourth-order valence-corrected chi connectivity index (χ4v) is 4.36. The van der Waals surface area contributed by atoms with E-state index in [-0.39, 0.29) is 4.90 Å². The van der Waals surface area contributed by atoms with Crippen molar-refractivity contribution in [2.24, 2.45) is 0 Å². The highest BCUT2D eigenvalue weighted by molar-refractivity contribution is 7.93. The molecule has 0 fully saturated rings. The van der Waals surface area contributed by atoms with Crippen LogP contribution in [0.2, 0.25) is 0 Å². The number of anilines is 1. The van der Waals surface area contributed by atoms with Gasteiger partial charge in [0.15, 0.2) is 0 Å². The quantitative estimate of drug-likeness (QED) is 0.619. The third-order valence-electron chi connectivity index (χ3n) is 4.80. The summed E-state index contributed by atoms with van der Waals surface area (Å²) in [6.45, 7) is 5.87. The highest BCUT2D eigenvalue weighted by Crippen LogP contribution is 2.27. The van der Waals surface area contributed by atoms with Crippen molar-refractivity contribution < 1.29 is 13.2 Å². The van der Waals surface area contributed by atoms with Crippen LogP contribution >= 0.6 is 0 Å². The van der Waals surface area contributed by atoms with Crippen molar-refractivity contribution >= 4 is 21.6 Å². The summed E-state index contributed by atoms with van der Waals surface area (Å²) < 4.78 is 27.6. The zero-order chi connectivity index (χ0) is 20.3. The first-order valence-corrected chi connectivity index (χ1v) is 10.6. The smallest absolute Gasteiger partial charge is 0.268 e. The number of rotatable bonds is 5. The molecular weight excluding hydrogens is 370 g/mol. The van der Waals surface area contributed by atoms with Crippen LogP contribution in [0.15, 0.2) is 77.7 Å². The number of nitrogens with zero attached hydrogens (tertiary/aromatic N) is 1. The summed E-state index contributed by atoms with van der Waals surface area (Å²) in [5.41, 5.74) is 3.71. The van der Waals surface area contributed by atoms with Gasteiger partial charge >= 0.3 is 0 Å². The average Bonchev–Trinajstić information content (AvgIpc) is 2.71. The summed E-state index contributed by atoms with van der Waals surface area (Å²) >= 11 is 0. The Hall–Kier alpha value is -2.92. The number of benzene rings is 3. The van der Waals surface area contributed by atoms with Crippen LogP contribution in [0.1, 0.15) is 34.0 Å². The molecule has 144 valence electrons. The number of aryl methyl sites for hydroxylation is 3. The minimum atomic E-state index is -4.06. The molecule has 28 heavy (non-hydrogen) atoms. The van der Waals surface area contributed by atoms with Crippen LogP contribution in [0.25, 0.3) is 0 Å². The molecule has 0 saturated heterocycles. The molecule has 0 bridgehead atoms. The fraction of sp³-hybridized carbons (Fsp3) is 0.174. The third-order valence-corrected chi connectivity index (χ3v) is 6.52. The van der Waals surface area contributed by atoms with Crippen molar-refractivity contribution in [1.82, 2.24) is 0 Å². The van der Waals surface area contributed by atoms with E-state index in [2.05, 4.69) is 0 Å². The first-order valence-electron chi connectivity index (χ1n) is 9.15. The van der Waals surface area contributed by atoms with E-state index >= 15 is 0 Å². The minimum absolute atomic E-state index is 0.0757. The number of hydrogen-bond donors (Lipinski definition) is 0. The molecule has 0 spiro atoms. The second-order valence-corrected chi connectivity index (χ2v) is 8.49. The van der Waals surface area contributed by atoms with Crippen molar-refractivity contribution in [3.05, 3.63) is 95.1 Å². The van der Waals surface area contributed by atoms with Crippen molar-refractivity contribution in [2.45, 2.75) is 32.1 Å². The van der Waals surface area contributed by atoms with Gasteiger partial charge in [-0.2, -0.15) is 4.31 Å². The first-order chi connectivity index (χ1) is 13.3. The lowest BCUT2D eigenvalue weighted by atomic mass is 10.1. The Morgan fingerprint density at radius 1 is 0.857 bits per heavy atom. The van der Waals surface area contributed by atoms with Crippen LogP contribution in [0.5, 0.6) is 0 Å². The summed E-state index contributed by atoms with van der Waals surface area (Å²) in [7, 11) is -4.06. The van der Waals surface area contributed by atoms with Gasteiger partial charge in [-0.3, -0.25) is 4.79 Å². The summed E-state index contributed by atoms with van der Waals surface area (Å²) in [6.07, 6.45) is 0.830. The fourth-order valence-electron chi connectivity index (χ4n) is 2.92. The second kappa shape index (κ2) is 7.98. The molecule has 3 rings (SSSR count). The minimum Gasteiger partial charge on any atom is -0.268 e. The molecule has 3 aromatic carbocycles. The van der Waals surface area contributed by atoms with Crippen LogP contribution in [0.4, 0.5) is 5.69 Å².